The molecular formula is C12H22. The van der Waals surface area contributed by atoms with Crippen molar-refractivity contribution >= 4 is 0 Å². The molecule has 0 aromatic heterocycles. The van der Waals surface area contributed by atoms with Gasteiger partial charge in [0.15, 0.2) is 0 Å². The van der Waals surface area contributed by atoms with Crippen molar-refractivity contribution in [3.63, 3.8) is 0 Å². The lowest BCUT2D eigenvalue weighted by atomic mass is 10.1. The summed E-state index contributed by atoms with van der Waals surface area (Å²) < 4.78 is 0. The first-order valence-electron chi connectivity index (χ1n) is 4.89. The van der Waals surface area contributed by atoms with Crippen LogP contribution in [0.4, 0.5) is 0 Å². The van der Waals surface area contributed by atoms with Crippen molar-refractivity contribution in [3.05, 3.63) is 35.4 Å². The molecule has 0 atom stereocenters. The molecule has 0 aliphatic heterocycles. The molecule has 12 heavy (non-hydrogen) atoms. The van der Waals surface area contributed by atoms with Crippen LogP contribution in [0, 0.1) is 6.92 Å². The largest absolute Gasteiger partial charge is 0.0683 e. The van der Waals surface area contributed by atoms with Crippen LogP contribution in [0.15, 0.2) is 24.3 Å². The van der Waals surface area contributed by atoms with Gasteiger partial charge in [0.25, 0.3) is 0 Å². The summed E-state index contributed by atoms with van der Waals surface area (Å²) in [7, 11) is 0. The molecule has 0 heteroatoms. The maximum absolute atomic E-state index is 2.21. The van der Waals surface area contributed by atoms with Gasteiger partial charge in [-0.2, -0.15) is 0 Å². The van der Waals surface area contributed by atoms with Gasteiger partial charge in [-0.15, -0.1) is 0 Å². The van der Waals surface area contributed by atoms with Gasteiger partial charge in [0.1, 0.15) is 0 Å². The maximum atomic E-state index is 2.21. The third-order valence-electron chi connectivity index (χ3n) is 1.78. The van der Waals surface area contributed by atoms with E-state index in [0.717, 1.165) is 0 Å². The fraction of sp³-hybridized carbons (Fsp3) is 0.500. The van der Waals surface area contributed by atoms with Gasteiger partial charge in [-0.05, 0) is 24.5 Å². The highest BCUT2D eigenvalue weighted by Crippen LogP contribution is 2.08. The van der Waals surface area contributed by atoms with Gasteiger partial charge in [-0.1, -0.05) is 51.5 Å². The predicted octanol–water partition coefficient (Wildman–Crippen LogP) is 4.22. The quantitative estimate of drug-likeness (QED) is 0.617. The Bertz CT molecular complexity index is 206. The average Bonchev–Trinajstić information content (AvgIpc) is 2.13. The minimum absolute atomic E-state index is 0. The molecular weight excluding hydrogens is 144 g/mol. The van der Waals surface area contributed by atoms with Crippen LogP contribution in [0.2, 0.25) is 0 Å². The van der Waals surface area contributed by atoms with Crippen LogP contribution < -0.4 is 0 Å². The molecule has 1 rings (SSSR count). The van der Waals surface area contributed by atoms with E-state index < -0.39 is 0 Å². The summed E-state index contributed by atoms with van der Waals surface area (Å²) in [6, 6.07) is 8.58. The topological polar surface area (TPSA) is 0 Å². The lowest BCUT2D eigenvalue weighted by molar-refractivity contribution is 0.913. The van der Waals surface area contributed by atoms with Gasteiger partial charge >= 0.3 is 0 Å². The molecule has 0 fully saturated rings. The van der Waals surface area contributed by atoms with Crippen LogP contribution in [-0.2, 0) is 6.42 Å². The lowest BCUT2D eigenvalue weighted by Crippen LogP contribution is -1.85. The molecule has 1 aromatic rings. The summed E-state index contributed by atoms with van der Waals surface area (Å²) in [4.78, 5) is 0. The third-order valence-corrected chi connectivity index (χ3v) is 1.78. The molecule has 0 saturated heterocycles. The van der Waals surface area contributed by atoms with E-state index in [0.29, 0.717) is 0 Å². The van der Waals surface area contributed by atoms with Gasteiger partial charge in [-0.25, -0.2) is 0 Å². The number of aryl methyl sites for hydroxylation is 2. The first kappa shape index (κ1) is 11.2. The van der Waals surface area contributed by atoms with Crippen LogP contribution in [0.5, 0.6) is 0 Å². The predicted molar refractivity (Wildman–Crippen MR) is 58.6 cm³/mol. The number of hydrogen-bond acceptors (Lipinski definition) is 0. The molecule has 0 unspecified atom stereocenters. The second kappa shape index (κ2) is 6.90. The van der Waals surface area contributed by atoms with E-state index in [2.05, 4.69) is 38.1 Å². The fourth-order valence-electron chi connectivity index (χ4n) is 1.16. The fourth-order valence-corrected chi connectivity index (χ4v) is 1.16. The zero-order valence-electron chi connectivity index (χ0n) is 8.72. The second-order valence-corrected chi connectivity index (χ2v) is 2.68. The first-order chi connectivity index (χ1) is 5.84. The standard InChI is InChI=1S/C10H14.C2H6.H2/c1-3-6-10-8-5-4-7-9(10)2;1-2;/h4-5,7-8H,3,6H2,1-2H3;1-2H3;1H. The normalized spacial score (nSPS) is 8.67. The van der Waals surface area contributed by atoms with Crippen molar-refractivity contribution in [1.82, 2.24) is 0 Å². The molecule has 0 spiro atoms. The molecule has 0 aliphatic rings. The van der Waals surface area contributed by atoms with E-state index in [1.54, 1.807) is 0 Å². The Morgan fingerprint density at radius 3 is 2.25 bits per heavy atom. The highest BCUT2D eigenvalue weighted by Gasteiger charge is 1.92. The van der Waals surface area contributed by atoms with E-state index in [1.807, 2.05) is 13.8 Å². The van der Waals surface area contributed by atoms with Crippen molar-refractivity contribution < 1.29 is 1.43 Å². The Hall–Kier alpha value is -0.780. The van der Waals surface area contributed by atoms with Gasteiger partial charge < -0.3 is 0 Å². The highest BCUT2D eigenvalue weighted by atomic mass is 14.0. The molecule has 0 N–H and O–H groups in total. The second-order valence-electron chi connectivity index (χ2n) is 2.68. The van der Waals surface area contributed by atoms with Crippen LogP contribution in [0.3, 0.4) is 0 Å². The highest BCUT2D eigenvalue weighted by molar-refractivity contribution is 5.25. The monoisotopic (exact) mass is 166 g/mol. The van der Waals surface area contributed by atoms with Crippen LogP contribution in [-0.4, -0.2) is 0 Å². The number of hydrogen-bond donors (Lipinski definition) is 0. The van der Waals surface area contributed by atoms with Gasteiger partial charge in [0.05, 0.1) is 0 Å². The van der Waals surface area contributed by atoms with Crippen LogP contribution >= 0.6 is 0 Å². The Labute approximate surface area is 78.1 Å². The molecule has 0 bridgehead atoms. The number of rotatable bonds is 2. The van der Waals surface area contributed by atoms with E-state index in [1.165, 1.54) is 24.0 Å². The average molecular weight is 166 g/mol. The summed E-state index contributed by atoms with van der Waals surface area (Å²) >= 11 is 0. The van der Waals surface area contributed by atoms with E-state index in [-0.39, 0.29) is 1.43 Å². The van der Waals surface area contributed by atoms with Gasteiger partial charge in [-0.3, -0.25) is 0 Å². The Morgan fingerprint density at radius 1 is 1.17 bits per heavy atom. The van der Waals surface area contributed by atoms with Crippen molar-refractivity contribution in [3.8, 4) is 0 Å². The zero-order valence-corrected chi connectivity index (χ0v) is 8.72. The molecule has 0 heterocycles. The Balaban J connectivity index is 0. The Morgan fingerprint density at radius 2 is 1.75 bits per heavy atom. The molecule has 0 amide bonds. The molecule has 0 aliphatic carbocycles. The smallest absolute Gasteiger partial charge is 0 e. The summed E-state index contributed by atoms with van der Waals surface area (Å²) in [5, 5.41) is 0. The van der Waals surface area contributed by atoms with Crippen molar-refractivity contribution in [2.24, 2.45) is 0 Å². The summed E-state index contributed by atoms with van der Waals surface area (Å²) in [6.07, 6.45) is 2.46. The van der Waals surface area contributed by atoms with E-state index in [4.69, 9.17) is 0 Å². The zero-order chi connectivity index (χ0) is 9.40. The summed E-state index contributed by atoms with van der Waals surface area (Å²) in [5.74, 6) is 0. The summed E-state index contributed by atoms with van der Waals surface area (Å²) in [6.45, 7) is 8.39. The Kier molecular flexibility index (Phi) is 6.45. The van der Waals surface area contributed by atoms with Crippen molar-refractivity contribution in [1.29, 1.82) is 0 Å². The number of benzene rings is 1. The first-order valence-corrected chi connectivity index (χ1v) is 4.89. The van der Waals surface area contributed by atoms with Gasteiger partial charge in [0, 0.05) is 1.43 Å². The van der Waals surface area contributed by atoms with Crippen molar-refractivity contribution in [2.45, 2.75) is 40.5 Å². The summed E-state index contributed by atoms with van der Waals surface area (Å²) in [5.41, 5.74) is 2.91. The third kappa shape index (κ3) is 3.56. The molecule has 1 aromatic carbocycles. The molecule has 70 valence electrons. The maximum Gasteiger partial charge on any atom is 0 e. The lowest BCUT2D eigenvalue weighted by Gasteiger charge is -2.01. The SMILES string of the molecule is CC.CCCc1ccccc1C.[HH]. The van der Waals surface area contributed by atoms with Gasteiger partial charge in [0.2, 0.25) is 0 Å². The van der Waals surface area contributed by atoms with Crippen molar-refractivity contribution in [2.75, 3.05) is 0 Å². The molecule has 0 nitrogen and oxygen atoms in total. The van der Waals surface area contributed by atoms with Crippen LogP contribution in [0.25, 0.3) is 0 Å². The van der Waals surface area contributed by atoms with E-state index in [9.17, 15) is 0 Å². The molecule has 0 radical (unpaired) electrons. The van der Waals surface area contributed by atoms with Crippen LogP contribution in [0.1, 0.15) is 39.7 Å². The molecule has 0 saturated carbocycles. The van der Waals surface area contributed by atoms with E-state index >= 15 is 0 Å². The minimum Gasteiger partial charge on any atom is -0.0683 e. The minimum atomic E-state index is 0.